The zero-order chi connectivity index (χ0) is 10.6. The molecule has 1 aromatic rings. The Kier molecular flexibility index (Phi) is 4.48. The standard InChI is InChI=1S/C11H16BrNS/c1-11(2,7-13-8-14)9-4-3-5-10(12)6-9/h3-6,13-14H,7-8H2,1-2H3. The van der Waals surface area contributed by atoms with E-state index in [0.717, 1.165) is 16.9 Å². The third kappa shape index (κ3) is 3.30. The average Bonchev–Trinajstić information content (AvgIpc) is 2.15. The van der Waals surface area contributed by atoms with Crippen LogP contribution in [-0.4, -0.2) is 12.4 Å². The number of halogens is 1. The molecule has 0 radical (unpaired) electrons. The van der Waals surface area contributed by atoms with Crippen molar-refractivity contribution in [1.29, 1.82) is 0 Å². The monoisotopic (exact) mass is 273 g/mol. The first kappa shape index (κ1) is 12.1. The van der Waals surface area contributed by atoms with Crippen LogP contribution >= 0.6 is 28.6 Å². The number of hydrogen-bond acceptors (Lipinski definition) is 2. The van der Waals surface area contributed by atoms with Crippen molar-refractivity contribution < 1.29 is 0 Å². The molecular formula is C11H16BrNS. The molecule has 0 aliphatic heterocycles. The Hall–Kier alpha value is 0.01000. The van der Waals surface area contributed by atoms with Gasteiger partial charge in [-0.3, -0.25) is 0 Å². The molecule has 0 bridgehead atoms. The molecule has 0 saturated heterocycles. The van der Waals surface area contributed by atoms with Crippen molar-refractivity contribution in [2.45, 2.75) is 19.3 Å². The highest BCUT2D eigenvalue weighted by molar-refractivity contribution is 9.10. The second-order valence-corrected chi connectivity index (χ2v) is 5.21. The Morgan fingerprint density at radius 3 is 2.71 bits per heavy atom. The van der Waals surface area contributed by atoms with Crippen molar-refractivity contribution in [3.8, 4) is 0 Å². The first-order valence-corrected chi connectivity index (χ1v) is 6.06. The highest BCUT2D eigenvalue weighted by Gasteiger charge is 2.19. The largest absolute Gasteiger partial charge is 0.307 e. The van der Waals surface area contributed by atoms with E-state index in [-0.39, 0.29) is 5.41 Å². The van der Waals surface area contributed by atoms with Gasteiger partial charge < -0.3 is 5.32 Å². The van der Waals surface area contributed by atoms with Gasteiger partial charge in [0.1, 0.15) is 0 Å². The summed E-state index contributed by atoms with van der Waals surface area (Å²) in [4.78, 5) is 0. The third-order valence-electron chi connectivity index (χ3n) is 2.28. The maximum atomic E-state index is 4.14. The Morgan fingerprint density at radius 1 is 1.43 bits per heavy atom. The summed E-state index contributed by atoms with van der Waals surface area (Å²) in [5, 5.41) is 3.26. The molecule has 0 spiro atoms. The van der Waals surface area contributed by atoms with E-state index in [9.17, 15) is 0 Å². The molecule has 0 saturated carbocycles. The van der Waals surface area contributed by atoms with Crippen molar-refractivity contribution in [1.82, 2.24) is 5.32 Å². The number of rotatable bonds is 4. The lowest BCUT2D eigenvalue weighted by atomic mass is 9.85. The minimum Gasteiger partial charge on any atom is -0.307 e. The summed E-state index contributed by atoms with van der Waals surface area (Å²) in [5.41, 5.74) is 1.48. The van der Waals surface area contributed by atoms with Gasteiger partial charge in [0.15, 0.2) is 0 Å². The first-order chi connectivity index (χ1) is 6.56. The SMILES string of the molecule is CC(C)(CNCS)c1cccc(Br)c1. The van der Waals surface area contributed by atoms with Gasteiger partial charge in [0.25, 0.3) is 0 Å². The van der Waals surface area contributed by atoms with Crippen LogP contribution in [0.5, 0.6) is 0 Å². The summed E-state index contributed by atoms with van der Waals surface area (Å²) in [6.07, 6.45) is 0. The smallest absolute Gasteiger partial charge is 0.0387 e. The molecule has 1 nitrogen and oxygen atoms in total. The third-order valence-corrected chi connectivity index (χ3v) is 3.00. The summed E-state index contributed by atoms with van der Waals surface area (Å²) in [6, 6.07) is 8.44. The summed E-state index contributed by atoms with van der Waals surface area (Å²) < 4.78 is 1.13. The van der Waals surface area contributed by atoms with E-state index in [2.05, 4.69) is 65.9 Å². The normalized spacial score (nSPS) is 11.7. The van der Waals surface area contributed by atoms with Gasteiger partial charge in [-0.05, 0) is 17.7 Å². The number of thiol groups is 1. The Morgan fingerprint density at radius 2 is 2.14 bits per heavy atom. The van der Waals surface area contributed by atoms with E-state index in [1.807, 2.05) is 6.07 Å². The minimum atomic E-state index is 0.145. The Balaban J connectivity index is 2.80. The van der Waals surface area contributed by atoms with Crippen LogP contribution in [0, 0.1) is 0 Å². The average molecular weight is 274 g/mol. The van der Waals surface area contributed by atoms with Crippen LogP contribution in [0.15, 0.2) is 28.7 Å². The minimum absolute atomic E-state index is 0.145. The van der Waals surface area contributed by atoms with Crippen LogP contribution < -0.4 is 5.32 Å². The molecule has 1 rings (SSSR count). The van der Waals surface area contributed by atoms with Gasteiger partial charge >= 0.3 is 0 Å². The molecule has 0 heterocycles. The highest BCUT2D eigenvalue weighted by Crippen LogP contribution is 2.24. The molecule has 14 heavy (non-hydrogen) atoms. The van der Waals surface area contributed by atoms with Gasteiger partial charge in [-0.15, -0.1) is 0 Å². The zero-order valence-electron chi connectivity index (χ0n) is 8.55. The molecule has 78 valence electrons. The molecule has 1 N–H and O–H groups in total. The molecule has 0 unspecified atom stereocenters. The molecule has 0 fully saturated rings. The fourth-order valence-corrected chi connectivity index (χ4v) is 1.89. The predicted octanol–water partition coefficient (Wildman–Crippen LogP) is 3.20. The lowest BCUT2D eigenvalue weighted by Crippen LogP contribution is -2.32. The quantitative estimate of drug-likeness (QED) is 0.634. The zero-order valence-corrected chi connectivity index (χ0v) is 11.0. The topological polar surface area (TPSA) is 12.0 Å². The summed E-state index contributed by atoms with van der Waals surface area (Å²) in [7, 11) is 0. The lowest BCUT2D eigenvalue weighted by molar-refractivity contribution is 0.490. The van der Waals surface area contributed by atoms with E-state index >= 15 is 0 Å². The highest BCUT2D eigenvalue weighted by atomic mass is 79.9. The van der Waals surface area contributed by atoms with Gasteiger partial charge in [-0.25, -0.2) is 0 Å². The van der Waals surface area contributed by atoms with E-state index in [0.29, 0.717) is 0 Å². The summed E-state index contributed by atoms with van der Waals surface area (Å²) >= 11 is 7.63. The van der Waals surface area contributed by atoms with E-state index in [1.54, 1.807) is 0 Å². The number of hydrogen-bond donors (Lipinski definition) is 2. The summed E-state index contributed by atoms with van der Waals surface area (Å²) in [6.45, 7) is 5.39. The predicted molar refractivity (Wildman–Crippen MR) is 69.0 cm³/mol. The lowest BCUT2D eigenvalue weighted by Gasteiger charge is -2.25. The van der Waals surface area contributed by atoms with Crippen LogP contribution in [0.2, 0.25) is 0 Å². The van der Waals surface area contributed by atoms with E-state index in [4.69, 9.17) is 0 Å². The van der Waals surface area contributed by atoms with Crippen LogP contribution in [-0.2, 0) is 5.41 Å². The van der Waals surface area contributed by atoms with Crippen LogP contribution in [0.3, 0.4) is 0 Å². The molecular weight excluding hydrogens is 258 g/mol. The summed E-state index contributed by atoms with van der Waals surface area (Å²) in [5.74, 6) is 0.720. The van der Waals surface area contributed by atoms with Crippen molar-refractivity contribution >= 4 is 28.6 Å². The maximum Gasteiger partial charge on any atom is 0.0387 e. The fourth-order valence-electron chi connectivity index (χ4n) is 1.38. The van der Waals surface area contributed by atoms with Gasteiger partial charge in [0.05, 0.1) is 0 Å². The second-order valence-electron chi connectivity index (χ2n) is 3.98. The molecule has 0 aliphatic carbocycles. The van der Waals surface area contributed by atoms with Gasteiger partial charge in [-0.2, -0.15) is 12.6 Å². The second kappa shape index (κ2) is 5.19. The fraction of sp³-hybridized carbons (Fsp3) is 0.455. The van der Waals surface area contributed by atoms with Crippen molar-refractivity contribution in [3.05, 3.63) is 34.3 Å². The maximum absolute atomic E-state index is 4.14. The Bertz CT molecular complexity index is 299. The van der Waals surface area contributed by atoms with Gasteiger partial charge in [0, 0.05) is 22.3 Å². The van der Waals surface area contributed by atoms with Crippen LogP contribution in [0.25, 0.3) is 0 Å². The molecule has 1 aromatic carbocycles. The first-order valence-electron chi connectivity index (χ1n) is 4.64. The van der Waals surface area contributed by atoms with E-state index in [1.165, 1.54) is 5.56 Å². The van der Waals surface area contributed by atoms with Gasteiger partial charge in [-0.1, -0.05) is 41.9 Å². The van der Waals surface area contributed by atoms with E-state index < -0.39 is 0 Å². The number of benzene rings is 1. The van der Waals surface area contributed by atoms with Crippen LogP contribution in [0.4, 0.5) is 0 Å². The van der Waals surface area contributed by atoms with Crippen molar-refractivity contribution in [3.63, 3.8) is 0 Å². The molecule has 0 aromatic heterocycles. The molecule has 0 aliphatic rings. The van der Waals surface area contributed by atoms with Crippen molar-refractivity contribution in [2.75, 3.05) is 12.4 Å². The Labute approximate surface area is 99.8 Å². The van der Waals surface area contributed by atoms with Crippen LogP contribution in [0.1, 0.15) is 19.4 Å². The molecule has 3 heteroatoms. The molecule has 0 atom stereocenters. The van der Waals surface area contributed by atoms with Gasteiger partial charge in [0.2, 0.25) is 0 Å². The number of nitrogens with one attached hydrogen (secondary N) is 1. The molecule has 0 amide bonds. The van der Waals surface area contributed by atoms with Crippen molar-refractivity contribution in [2.24, 2.45) is 0 Å².